The number of aliphatic imine (C=N–C) groups is 1. The summed E-state index contributed by atoms with van der Waals surface area (Å²) in [7, 11) is 4.18. The highest BCUT2D eigenvalue weighted by atomic mass is 32.1. The van der Waals surface area contributed by atoms with Gasteiger partial charge in [-0.15, -0.1) is 11.3 Å². The molecular formula is C18H31N5OS. The SMILES string of the molecule is CCNC(=NCC(c1cccs1)N(C)C)NCCCN1CCCC1=O. The summed E-state index contributed by atoms with van der Waals surface area (Å²) in [5.41, 5.74) is 0. The van der Waals surface area contributed by atoms with Gasteiger partial charge in [-0.1, -0.05) is 6.07 Å². The molecule has 1 aliphatic heterocycles. The number of nitrogens with one attached hydrogen (secondary N) is 2. The van der Waals surface area contributed by atoms with Gasteiger partial charge in [0.15, 0.2) is 5.96 Å². The van der Waals surface area contributed by atoms with E-state index in [0.29, 0.717) is 18.9 Å². The van der Waals surface area contributed by atoms with E-state index in [1.165, 1.54) is 4.88 Å². The maximum atomic E-state index is 11.6. The van der Waals surface area contributed by atoms with Crippen LogP contribution in [0.3, 0.4) is 0 Å². The summed E-state index contributed by atoms with van der Waals surface area (Å²) in [5.74, 6) is 1.14. The number of guanidine groups is 1. The molecule has 1 fully saturated rings. The molecular weight excluding hydrogens is 334 g/mol. The normalized spacial score (nSPS) is 16.6. The lowest BCUT2D eigenvalue weighted by Gasteiger charge is -2.22. The van der Waals surface area contributed by atoms with E-state index < -0.39 is 0 Å². The Hall–Kier alpha value is -1.60. The summed E-state index contributed by atoms with van der Waals surface area (Å²) in [5, 5.41) is 8.80. The molecule has 1 aromatic rings. The molecule has 140 valence electrons. The minimum absolute atomic E-state index is 0.290. The maximum absolute atomic E-state index is 11.6. The van der Waals surface area contributed by atoms with Crippen molar-refractivity contribution in [1.82, 2.24) is 20.4 Å². The molecule has 2 N–H and O–H groups in total. The Labute approximate surface area is 155 Å². The molecule has 6 nitrogen and oxygen atoms in total. The van der Waals surface area contributed by atoms with Crippen LogP contribution in [0.1, 0.15) is 37.1 Å². The molecule has 0 aliphatic carbocycles. The van der Waals surface area contributed by atoms with Gasteiger partial charge >= 0.3 is 0 Å². The summed E-state index contributed by atoms with van der Waals surface area (Å²) in [6.07, 6.45) is 2.66. The first-order chi connectivity index (χ1) is 12.1. The smallest absolute Gasteiger partial charge is 0.222 e. The largest absolute Gasteiger partial charge is 0.357 e. The summed E-state index contributed by atoms with van der Waals surface area (Å²) in [6.45, 7) is 6.19. The van der Waals surface area contributed by atoms with Crippen LogP contribution in [0, 0.1) is 0 Å². The van der Waals surface area contributed by atoms with Crippen LogP contribution < -0.4 is 10.6 Å². The average molecular weight is 366 g/mol. The molecule has 0 radical (unpaired) electrons. The Bertz CT molecular complexity index is 544. The lowest BCUT2D eigenvalue weighted by atomic mass is 10.2. The van der Waals surface area contributed by atoms with Crippen molar-refractivity contribution in [3.8, 4) is 0 Å². The van der Waals surface area contributed by atoms with Crippen molar-refractivity contribution in [3.05, 3.63) is 22.4 Å². The Morgan fingerprint density at radius 2 is 2.28 bits per heavy atom. The van der Waals surface area contributed by atoms with Crippen molar-refractivity contribution >= 4 is 23.2 Å². The number of nitrogens with zero attached hydrogens (tertiary/aromatic N) is 3. The summed E-state index contributed by atoms with van der Waals surface area (Å²) < 4.78 is 0. The Morgan fingerprint density at radius 3 is 2.88 bits per heavy atom. The van der Waals surface area contributed by atoms with E-state index in [1.54, 1.807) is 11.3 Å². The molecule has 1 unspecified atom stereocenters. The third-order valence-electron chi connectivity index (χ3n) is 4.33. The van der Waals surface area contributed by atoms with Crippen molar-refractivity contribution in [2.75, 3.05) is 46.8 Å². The number of hydrogen-bond acceptors (Lipinski definition) is 4. The van der Waals surface area contributed by atoms with Gasteiger partial charge in [0, 0.05) is 37.5 Å². The number of likely N-dealkylation sites (N-methyl/N-ethyl adjacent to an activating group) is 1. The van der Waals surface area contributed by atoms with Crippen LogP contribution in [-0.4, -0.2) is 68.5 Å². The molecule has 1 amide bonds. The fraction of sp³-hybridized carbons (Fsp3) is 0.667. The Morgan fingerprint density at radius 1 is 1.44 bits per heavy atom. The van der Waals surface area contributed by atoms with E-state index >= 15 is 0 Å². The van der Waals surface area contributed by atoms with Crippen molar-refractivity contribution in [3.63, 3.8) is 0 Å². The number of amides is 1. The number of carbonyl (C=O) groups excluding carboxylic acids is 1. The van der Waals surface area contributed by atoms with Gasteiger partial charge in [0.05, 0.1) is 12.6 Å². The fourth-order valence-electron chi connectivity index (χ4n) is 2.93. The Kier molecular flexibility index (Phi) is 8.21. The fourth-order valence-corrected chi connectivity index (χ4v) is 3.84. The van der Waals surface area contributed by atoms with E-state index in [4.69, 9.17) is 4.99 Å². The van der Waals surface area contributed by atoms with Crippen LogP contribution in [0.15, 0.2) is 22.5 Å². The van der Waals surface area contributed by atoms with Crippen molar-refractivity contribution in [2.45, 2.75) is 32.2 Å². The highest BCUT2D eigenvalue weighted by Gasteiger charge is 2.19. The van der Waals surface area contributed by atoms with E-state index in [1.807, 2.05) is 4.90 Å². The lowest BCUT2D eigenvalue weighted by Crippen LogP contribution is -2.39. The molecule has 0 aromatic carbocycles. The van der Waals surface area contributed by atoms with Gasteiger partial charge in [-0.25, -0.2) is 0 Å². The van der Waals surface area contributed by atoms with Crippen LogP contribution >= 0.6 is 11.3 Å². The first-order valence-electron chi connectivity index (χ1n) is 9.11. The first-order valence-corrected chi connectivity index (χ1v) is 9.99. The van der Waals surface area contributed by atoms with Crippen LogP contribution in [-0.2, 0) is 4.79 Å². The zero-order valence-corrected chi connectivity index (χ0v) is 16.4. The molecule has 1 saturated heterocycles. The quantitative estimate of drug-likeness (QED) is 0.399. The topological polar surface area (TPSA) is 60.0 Å². The van der Waals surface area contributed by atoms with Gasteiger partial charge in [-0.2, -0.15) is 0 Å². The molecule has 25 heavy (non-hydrogen) atoms. The highest BCUT2D eigenvalue weighted by Crippen LogP contribution is 2.23. The van der Waals surface area contributed by atoms with Gasteiger partial charge in [0.2, 0.25) is 5.91 Å². The molecule has 1 aliphatic rings. The highest BCUT2D eigenvalue weighted by molar-refractivity contribution is 7.10. The molecule has 0 saturated carbocycles. The molecule has 0 spiro atoms. The predicted octanol–water partition coefficient (Wildman–Crippen LogP) is 1.92. The zero-order chi connectivity index (χ0) is 18.1. The minimum Gasteiger partial charge on any atom is -0.357 e. The molecule has 2 rings (SSSR count). The van der Waals surface area contributed by atoms with E-state index in [-0.39, 0.29) is 6.04 Å². The maximum Gasteiger partial charge on any atom is 0.222 e. The Balaban J connectivity index is 1.81. The van der Waals surface area contributed by atoms with Gasteiger partial charge in [0.1, 0.15) is 0 Å². The van der Waals surface area contributed by atoms with Crippen molar-refractivity contribution < 1.29 is 4.79 Å². The number of carbonyl (C=O) groups is 1. The van der Waals surface area contributed by atoms with E-state index in [9.17, 15) is 4.79 Å². The van der Waals surface area contributed by atoms with Crippen LogP contribution in [0.5, 0.6) is 0 Å². The number of rotatable bonds is 9. The standard InChI is InChI=1S/C18H31N5OS/c1-4-19-18(20-10-7-12-23-11-5-9-17(23)24)21-14-15(22(2)3)16-8-6-13-25-16/h6,8,13,15H,4-5,7,9-12,14H2,1-3H3,(H2,19,20,21). The van der Waals surface area contributed by atoms with Gasteiger partial charge < -0.3 is 20.4 Å². The van der Waals surface area contributed by atoms with Crippen LogP contribution in [0.4, 0.5) is 0 Å². The summed E-state index contributed by atoms with van der Waals surface area (Å²) >= 11 is 1.77. The molecule has 1 atom stereocenters. The molecule has 2 heterocycles. The van der Waals surface area contributed by atoms with Crippen molar-refractivity contribution in [1.29, 1.82) is 0 Å². The predicted molar refractivity (Wildman–Crippen MR) is 105 cm³/mol. The van der Waals surface area contributed by atoms with Gasteiger partial charge in [-0.05, 0) is 45.3 Å². The number of likely N-dealkylation sites (tertiary alicyclic amines) is 1. The van der Waals surface area contributed by atoms with Crippen LogP contribution in [0.2, 0.25) is 0 Å². The third-order valence-corrected chi connectivity index (χ3v) is 5.30. The monoisotopic (exact) mass is 365 g/mol. The van der Waals surface area contributed by atoms with Crippen LogP contribution in [0.25, 0.3) is 0 Å². The van der Waals surface area contributed by atoms with Gasteiger partial charge in [0.25, 0.3) is 0 Å². The molecule has 1 aromatic heterocycles. The molecule has 7 heteroatoms. The second-order valence-electron chi connectivity index (χ2n) is 6.48. The van der Waals surface area contributed by atoms with Crippen molar-refractivity contribution in [2.24, 2.45) is 4.99 Å². The summed E-state index contributed by atoms with van der Waals surface area (Å²) in [6, 6.07) is 4.54. The minimum atomic E-state index is 0.290. The van der Waals surface area contributed by atoms with Gasteiger partial charge in [-0.3, -0.25) is 9.79 Å². The second kappa shape index (κ2) is 10.4. The summed E-state index contributed by atoms with van der Waals surface area (Å²) in [4.78, 5) is 21.9. The average Bonchev–Trinajstić information content (AvgIpc) is 3.23. The lowest BCUT2D eigenvalue weighted by molar-refractivity contribution is -0.127. The van der Waals surface area contributed by atoms with E-state index in [2.05, 4.69) is 54.1 Å². The number of thiophene rings is 1. The van der Waals surface area contributed by atoms with E-state index in [0.717, 1.165) is 45.0 Å². The second-order valence-corrected chi connectivity index (χ2v) is 7.46. The number of hydrogen-bond donors (Lipinski definition) is 2. The molecule has 0 bridgehead atoms. The third kappa shape index (κ3) is 6.32. The first kappa shape index (κ1) is 19.7. The zero-order valence-electron chi connectivity index (χ0n) is 15.6.